The molecular formula is C6H10O3. The van der Waals surface area contributed by atoms with Gasteiger partial charge in [0.15, 0.2) is 0 Å². The minimum atomic E-state index is -1.19. The van der Waals surface area contributed by atoms with Crippen LogP contribution < -0.4 is 0 Å². The highest BCUT2D eigenvalue weighted by Crippen LogP contribution is 1.52. The lowest BCUT2D eigenvalue weighted by Crippen LogP contribution is -1.98. The van der Waals surface area contributed by atoms with Crippen molar-refractivity contribution >= 4 is 5.97 Å². The van der Waals surface area contributed by atoms with E-state index in [0.717, 1.165) is 0 Å². The Labute approximate surface area is 53.9 Å². The second kappa shape index (κ2) is 10.0. The second-order valence-electron chi connectivity index (χ2n) is 1.02. The summed E-state index contributed by atoms with van der Waals surface area (Å²) < 4.78 is 0. The van der Waals surface area contributed by atoms with E-state index in [4.69, 9.17) is 15.0 Å². The fourth-order valence-corrected chi connectivity index (χ4v) is 0. The standard InChI is InChI=1S/C4H6.C2H4O3/c1-3-4-2;3-1-2(4)5/h3-4H,1-2H2;3H,1H2,(H,4,5). The zero-order valence-electron chi connectivity index (χ0n) is 5.08. The SMILES string of the molecule is C=CC=C.O=C(O)CO. The molecule has 0 aliphatic rings. The van der Waals surface area contributed by atoms with E-state index in [0.29, 0.717) is 0 Å². The molecule has 3 nitrogen and oxygen atoms in total. The molecule has 0 aromatic heterocycles. The van der Waals surface area contributed by atoms with Crippen molar-refractivity contribution in [3.8, 4) is 0 Å². The number of allylic oxidation sites excluding steroid dienone is 2. The molecule has 0 aromatic rings. The third kappa shape index (κ3) is 45.7. The van der Waals surface area contributed by atoms with E-state index < -0.39 is 12.6 Å². The summed E-state index contributed by atoms with van der Waals surface area (Å²) in [7, 11) is 0. The summed E-state index contributed by atoms with van der Waals surface area (Å²) in [5.74, 6) is -1.19. The van der Waals surface area contributed by atoms with E-state index in [1.165, 1.54) is 0 Å². The van der Waals surface area contributed by atoms with Crippen molar-refractivity contribution in [1.82, 2.24) is 0 Å². The second-order valence-corrected chi connectivity index (χ2v) is 1.02. The molecule has 52 valence electrons. The molecule has 0 fully saturated rings. The molecular weight excluding hydrogens is 120 g/mol. The van der Waals surface area contributed by atoms with Gasteiger partial charge < -0.3 is 10.2 Å². The zero-order chi connectivity index (χ0) is 7.70. The van der Waals surface area contributed by atoms with Gasteiger partial charge in [-0.2, -0.15) is 0 Å². The number of aliphatic hydroxyl groups is 1. The van der Waals surface area contributed by atoms with Gasteiger partial charge in [-0.25, -0.2) is 4.79 Å². The van der Waals surface area contributed by atoms with Crippen molar-refractivity contribution in [3.05, 3.63) is 25.3 Å². The van der Waals surface area contributed by atoms with Crippen LogP contribution >= 0.6 is 0 Å². The summed E-state index contributed by atoms with van der Waals surface area (Å²) in [6.45, 7) is 5.94. The summed E-state index contributed by atoms with van der Waals surface area (Å²) in [6, 6.07) is 0. The lowest BCUT2D eigenvalue weighted by Gasteiger charge is -1.72. The average molecular weight is 130 g/mol. The monoisotopic (exact) mass is 130 g/mol. The Morgan fingerprint density at radius 1 is 1.44 bits per heavy atom. The zero-order valence-corrected chi connectivity index (χ0v) is 5.08. The molecule has 0 saturated heterocycles. The predicted molar refractivity (Wildman–Crippen MR) is 35.1 cm³/mol. The van der Waals surface area contributed by atoms with Crippen molar-refractivity contribution < 1.29 is 15.0 Å². The Hall–Kier alpha value is -1.09. The molecule has 2 N–H and O–H groups in total. The highest BCUT2D eigenvalue weighted by atomic mass is 16.4. The molecule has 0 unspecified atom stereocenters. The van der Waals surface area contributed by atoms with Gasteiger partial charge in [-0.05, 0) is 0 Å². The van der Waals surface area contributed by atoms with Crippen molar-refractivity contribution in [2.45, 2.75) is 0 Å². The number of aliphatic carboxylic acids is 1. The Morgan fingerprint density at radius 3 is 1.67 bits per heavy atom. The van der Waals surface area contributed by atoms with Crippen LogP contribution in [0.25, 0.3) is 0 Å². The molecule has 0 spiro atoms. The van der Waals surface area contributed by atoms with Gasteiger partial charge in [-0.3, -0.25) is 0 Å². The molecule has 9 heavy (non-hydrogen) atoms. The fraction of sp³-hybridized carbons (Fsp3) is 0.167. The molecule has 0 amide bonds. The van der Waals surface area contributed by atoms with Crippen LogP contribution in [-0.2, 0) is 4.79 Å². The summed E-state index contributed by atoms with van der Waals surface area (Å²) >= 11 is 0. The maximum absolute atomic E-state index is 9.12. The lowest BCUT2D eigenvalue weighted by molar-refractivity contribution is -0.140. The number of carbonyl (C=O) groups is 1. The highest BCUT2D eigenvalue weighted by Gasteiger charge is 1.82. The van der Waals surface area contributed by atoms with Gasteiger partial charge in [0, 0.05) is 0 Å². The molecule has 0 aliphatic heterocycles. The molecule has 3 heteroatoms. The first-order valence-electron chi connectivity index (χ1n) is 2.25. The Balaban J connectivity index is 0. The first-order chi connectivity index (χ1) is 4.18. The van der Waals surface area contributed by atoms with E-state index in [1.807, 2.05) is 0 Å². The minimum Gasteiger partial charge on any atom is -0.480 e. The maximum atomic E-state index is 9.12. The number of carboxylic acids is 1. The van der Waals surface area contributed by atoms with Crippen LogP contribution in [0.4, 0.5) is 0 Å². The first-order valence-corrected chi connectivity index (χ1v) is 2.25. The van der Waals surface area contributed by atoms with E-state index >= 15 is 0 Å². The first kappa shape index (κ1) is 10.8. The van der Waals surface area contributed by atoms with Gasteiger partial charge in [0.2, 0.25) is 0 Å². The van der Waals surface area contributed by atoms with Gasteiger partial charge in [-0.15, -0.1) is 0 Å². The van der Waals surface area contributed by atoms with Crippen LogP contribution in [0.1, 0.15) is 0 Å². The number of rotatable bonds is 2. The summed E-state index contributed by atoms with van der Waals surface area (Å²) in [4.78, 5) is 9.12. The van der Waals surface area contributed by atoms with Crippen LogP contribution in [0, 0.1) is 0 Å². The van der Waals surface area contributed by atoms with Gasteiger partial charge in [0.1, 0.15) is 6.61 Å². The highest BCUT2D eigenvalue weighted by molar-refractivity contribution is 5.67. The molecule has 0 aliphatic carbocycles. The van der Waals surface area contributed by atoms with E-state index in [9.17, 15) is 0 Å². The molecule has 0 saturated carbocycles. The van der Waals surface area contributed by atoms with Crippen molar-refractivity contribution in [2.24, 2.45) is 0 Å². The fourth-order valence-electron chi connectivity index (χ4n) is 0. The van der Waals surface area contributed by atoms with Gasteiger partial charge >= 0.3 is 5.97 Å². The largest absolute Gasteiger partial charge is 0.480 e. The number of aliphatic hydroxyl groups excluding tert-OH is 1. The van der Waals surface area contributed by atoms with Crippen molar-refractivity contribution in [3.63, 3.8) is 0 Å². The summed E-state index contributed by atoms with van der Waals surface area (Å²) in [5, 5.41) is 15.0. The lowest BCUT2D eigenvalue weighted by atomic mass is 10.6. The number of carboxylic acid groups (broad SMARTS) is 1. The third-order valence-corrected chi connectivity index (χ3v) is 0.302. The van der Waals surface area contributed by atoms with Crippen LogP contribution in [-0.4, -0.2) is 22.8 Å². The molecule has 0 rings (SSSR count). The van der Waals surface area contributed by atoms with Gasteiger partial charge in [0.25, 0.3) is 0 Å². The summed E-state index contributed by atoms with van der Waals surface area (Å²) in [5.41, 5.74) is 0. The maximum Gasteiger partial charge on any atom is 0.329 e. The van der Waals surface area contributed by atoms with Crippen molar-refractivity contribution in [2.75, 3.05) is 6.61 Å². The Kier molecular flexibility index (Phi) is 12.0. The molecule has 0 bridgehead atoms. The van der Waals surface area contributed by atoms with Crippen LogP contribution in [0.15, 0.2) is 25.3 Å². The quantitative estimate of drug-likeness (QED) is 0.532. The molecule has 0 heterocycles. The van der Waals surface area contributed by atoms with Gasteiger partial charge in [0.05, 0.1) is 0 Å². The van der Waals surface area contributed by atoms with E-state index in [-0.39, 0.29) is 0 Å². The normalized spacial score (nSPS) is 6.33. The topological polar surface area (TPSA) is 57.5 Å². The summed E-state index contributed by atoms with van der Waals surface area (Å²) in [6.07, 6.45) is 3.28. The average Bonchev–Trinajstić information content (AvgIpc) is 1.89. The molecule has 0 radical (unpaired) electrons. The van der Waals surface area contributed by atoms with Crippen molar-refractivity contribution in [1.29, 1.82) is 0 Å². The smallest absolute Gasteiger partial charge is 0.329 e. The Morgan fingerprint density at radius 2 is 1.67 bits per heavy atom. The molecule has 0 aromatic carbocycles. The number of hydrogen-bond donors (Lipinski definition) is 2. The van der Waals surface area contributed by atoms with E-state index in [2.05, 4.69) is 13.2 Å². The van der Waals surface area contributed by atoms with Gasteiger partial charge in [-0.1, -0.05) is 25.3 Å². The van der Waals surface area contributed by atoms with Crippen LogP contribution in [0.5, 0.6) is 0 Å². The van der Waals surface area contributed by atoms with Crippen LogP contribution in [0.2, 0.25) is 0 Å². The number of hydrogen-bond acceptors (Lipinski definition) is 2. The third-order valence-electron chi connectivity index (χ3n) is 0.302. The molecule has 0 atom stereocenters. The minimum absolute atomic E-state index is 0.778. The Bertz CT molecular complexity index is 90.5. The van der Waals surface area contributed by atoms with Crippen LogP contribution in [0.3, 0.4) is 0 Å². The van der Waals surface area contributed by atoms with E-state index in [1.54, 1.807) is 12.2 Å². The predicted octanol–water partition coefficient (Wildman–Crippen LogP) is 0.422.